The lowest BCUT2D eigenvalue weighted by Gasteiger charge is -2.42. The molecule has 3 aromatic carbocycles. The summed E-state index contributed by atoms with van der Waals surface area (Å²) in [6.07, 6.45) is 8.40. The predicted octanol–water partition coefficient (Wildman–Crippen LogP) is 4.41. The van der Waals surface area contributed by atoms with Crippen LogP contribution in [0.25, 0.3) is 10.9 Å². The summed E-state index contributed by atoms with van der Waals surface area (Å²) >= 11 is 0. The largest absolute Gasteiger partial charge is 0.506 e. The standard InChI is InChI=1S/C40H49N5O7S/c1-28(44-21-23-45(24-22-44)30-6-3-2-4-7-30)29-10-12-32(13-11-29)53(50,51)33-9-5-8-31(26-33)52-25-20-42-38(48)18-19-41-27-37(47)34-14-16-36(46)40-35(34)15-17-39(49)43-40/h5,8-19,26,28,30,37,41,46-47H,2-4,6-7,20-25,27H2,1H3,(H,42,48)(H,43,49)/t28-,37-/m0/s1. The van der Waals surface area contributed by atoms with Crippen molar-refractivity contribution < 1.29 is 28.2 Å². The van der Waals surface area contributed by atoms with Gasteiger partial charge in [0.2, 0.25) is 21.3 Å². The minimum absolute atomic E-state index is 0.0757. The number of hydrogen-bond acceptors (Lipinski definition) is 10. The van der Waals surface area contributed by atoms with Gasteiger partial charge in [0.15, 0.2) is 0 Å². The Morgan fingerprint density at radius 1 is 0.981 bits per heavy atom. The Kier molecular flexibility index (Phi) is 12.5. The molecule has 53 heavy (non-hydrogen) atoms. The Morgan fingerprint density at radius 2 is 1.74 bits per heavy atom. The number of phenols is 1. The van der Waals surface area contributed by atoms with Gasteiger partial charge in [-0.1, -0.05) is 43.5 Å². The van der Waals surface area contributed by atoms with Gasteiger partial charge < -0.3 is 30.6 Å². The number of carbonyl (C=O) groups excluding carboxylic acids is 1. The van der Waals surface area contributed by atoms with E-state index in [0.717, 1.165) is 37.8 Å². The Bertz CT molecular complexity index is 2050. The number of phenolic OH excluding ortho intramolecular Hbond substituents is 1. The van der Waals surface area contributed by atoms with Crippen molar-refractivity contribution >= 4 is 26.6 Å². The number of piperazine rings is 1. The third-order valence-corrected chi connectivity index (χ3v) is 12.1. The van der Waals surface area contributed by atoms with E-state index in [1.165, 1.54) is 68.6 Å². The Hall–Kier alpha value is -4.69. The van der Waals surface area contributed by atoms with Crippen LogP contribution in [0.15, 0.2) is 99.7 Å². The fourth-order valence-electron chi connectivity index (χ4n) is 7.32. The average molecular weight is 744 g/mol. The fraction of sp³-hybridized carbons (Fsp3) is 0.400. The van der Waals surface area contributed by atoms with E-state index in [-0.39, 0.29) is 58.3 Å². The minimum atomic E-state index is -3.77. The SMILES string of the molecule is C[C@@H](c1ccc(S(=O)(=O)c2cccc(OCCNC(=O)C=CNC[C@H](O)c3ccc(O)c4[nH]c(=O)ccc34)c2)cc1)N1CCN(C2CCCCC2)CC1. The van der Waals surface area contributed by atoms with Crippen LogP contribution in [0.5, 0.6) is 11.5 Å². The van der Waals surface area contributed by atoms with Crippen LogP contribution < -0.4 is 20.9 Å². The minimum Gasteiger partial charge on any atom is -0.506 e. The number of amides is 1. The second kappa shape index (κ2) is 17.4. The molecule has 1 saturated heterocycles. The molecule has 2 fully saturated rings. The van der Waals surface area contributed by atoms with Crippen LogP contribution in [-0.2, 0) is 14.6 Å². The smallest absolute Gasteiger partial charge is 0.248 e. The van der Waals surface area contributed by atoms with Gasteiger partial charge in [-0.15, -0.1) is 0 Å². The molecule has 1 aromatic heterocycles. The van der Waals surface area contributed by atoms with Crippen LogP contribution in [-0.4, -0.2) is 91.2 Å². The lowest BCUT2D eigenvalue weighted by Crippen LogP contribution is -2.51. The highest BCUT2D eigenvalue weighted by Gasteiger charge is 2.28. The number of rotatable bonds is 14. The molecule has 0 spiro atoms. The lowest BCUT2D eigenvalue weighted by atomic mass is 9.93. The molecule has 2 atom stereocenters. The van der Waals surface area contributed by atoms with Gasteiger partial charge in [-0.25, -0.2) is 8.42 Å². The van der Waals surface area contributed by atoms with E-state index < -0.39 is 15.9 Å². The van der Waals surface area contributed by atoms with Crippen LogP contribution in [0.1, 0.15) is 62.3 Å². The summed E-state index contributed by atoms with van der Waals surface area (Å²) in [5, 5.41) is 26.8. The van der Waals surface area contributed by atoms with Gasteiger partial charge in [0.25, 0.3) is 0 Å². The molecule has 6 rings (SSSR count). The highest BCUT2D eigenvalue weighted by molar-refractivity contribution is 7.91. The molecule has 5 N–H and O–H groups in total. The number of H-pyrrole nitrogens is 1. The maximum absolute atomic E-state index is 13.5. The molecule has 4 aromatic rings. The van der Waals surface area contributed by atoms with Gasteiger partial charge >= 0.3 is 0 Å². The number of aromatic amines is 1. The summed E-state index contributed by atoms with van der Waals surface area (Å²) in [6, 6.07) is 20.3. The summed E-state index contributed by atoms with van der Waals surface area (Å²) < 4.78 is 32.8. The van der Waals surface area contributed by atoms with Crippen molar-refractivity contribution in [1.82, 2.24) is 25.4 Å². The van der Waals surface area contributed by atoms with Gasteiger partial charge in [0, 0.05) is 68.5 Å². The number of fused-ring (bicyclic) bond motifs is 1. The number of nitrogens with one attached hydrogen (secondary N) is 3. The molecule has 1 aliphatic heterocycles. The maximum Gasteiger partial charge on any atom is 0.248 e. The molecule has 1 amide bonds. The lowest BCUT2D eigenvalue weighted by molar-refractivity contribution is -0.116. The third-order valence-electron chi connectivity index (χ3n) is 10.4. The van der Waals surface area contributed by atoms with Gasteiger partial charge in [-0.3, -0.25) is 19.4 Å². The van der Waals surface area contributed by atoms with E-state index in [9.17, 15) is 28.2 Å². The van der Waals surface area contributed by atoms with Crippen LogP contribution in [0.3, 0.4) is 0 Å². The van der Waals surface area contributed by atoms with Gasteiger partial charge in [0.1, 0.15) is 18.1 Å². The van der Waals surface area contributed by atoms with E-state index in [1.807, 2.05) is 12.1 Å². The highest BCUT2D eigenvalue weighted by atomic mass is 32.2. The Morgan fingerprint density at radius 3 is 2.49 bits per heavy atom. The highest BCUT2D eigenvalue weighted by Crippen LogP contribution is 2.30. The van der Waals surface area contributed by atoms with Crippen molar-refractivity contribution in [3.63, 3.8) is 0 Å². The van der Waals surface area contributed by atoms with E-state index in [0.29, 0.717) is 16.7 Å². The summed E-state index contributed by atoms with van der Waals surface area (Å²) in [7, 11) is -3.77. The van der Waals surface area contributed by atoms with E-state index in [4.69, 9.17) is 4.74 Å². The van der Waals surface area contributed by atoms with Crippen LogP contribution >= 0.6 is 0 Å². The first-order valence-electron chi connectivity index (χ1n) is 18.4. The normalized spacial score (nSPS) is 17.5. The number of carbonyl (C=O) groups is 1. The molecule has 1 saturated carbocycles. The first-order valence-corrected chi connectivity index (χ1v) is 19.9. The first-order chi connectivity index (χ1) is 25.6. The number of ether oxygens (including phenoxy) is 1. The van der Waals surface area contributed by atoms with Crippen LogP contribution in [0.2, 0.25) is 0 Å². The number of aromatic hydroxyl groups is 1. The van der Waals surface area contributed by atoms with Crippen molar-refractivity contribution in [3.05, 3.63) is 107 Å². The molecule has 2 heterocycles. The summed E-state index contributed by atoms with van der Waals surface area (Å²) in [5.41, 5.74) is 1.47. The zero-order valence-corrected chi connectivity index (χ0v) is 30.9. The molecule has 0 radical (unpaired) electrons. The number of hydrogen-bond donors (Lipinski definition) is 5. The number of sulfone groups is 1. The quantitative estimate of drug-likeness (QED) is 0.0924. The fourth-order valence-corrected chi connectivity index (χ4v) is 8.61. The number of aromatic nitrogens is 1. The second-order valence-electron chi connectivity index (χ2n) is 13.8. The predicted molar refractivity (Wildman–Crippen MR) is 204 cm³/mol. The zero-order valence-electron chi connectivity index (χ0n) is 30.0. The van der Waals surface area contributed by atoms with Crippen LogP contribution in [0, 0.1) is 0 Å². The van der Waals surface area contributed by atoms with E-state index in [2.05, 4.69) is 32.3 Å². The molecule has 282 valence electrons. The van der Waals surface area contributed by atoms with Gasteiger partial charge in [-0.2, -0.15) is 0 Å². The third kappa shape index (κ3) is 9.46. The van der Waals surface area contributed by atoms with Crippen molar-refractivity contribution in [2.75, 3.05) is 45.9 Å². The van der Waals surface area contributed by atoms with Crippen molar-refractivity contribution in [2.45, 2.75) is 67.0 Å². The van der Waals surface area contributed by atoms with E-state index >= 15 is 0 Å². The Labute approximate surface area is 310 Å². The Balaban J connectivity index is 0.937. The summed E-state index contributed by atoms with van der Waals surface area (Å²) in [5.74, 6) is -0.117. The topological polar surface area (TPSA) is 164 Å². The molecule has 0 unspecified atom stereocenters. The molecule has 1 aliphatic carbocycles. The summed E-state index contributed by atoms with van der Waals surface area (Å²) in [4.78, 5) is 32.0. The van der Waals surface area contributed by atoms with Crippen LogP contribution in [0.4, 0.5) is 0 Å². The molecule has 12 nitrogen and oxygen atoms in total. The molecule has 13 heteroatoms. The molecule has 2 aliphatic rings. The summed E-state index contributed by atoms with van der Waals surface area (Å²) in [6.45, 7) is 6.76. The number of aliphatic hydroxyl groups excluding tert-OH is 1. The molecule has 0 bridgehead atoms. The number of nitrogens with zero attached hydrogens (tertiary/aromatic N) is 2. The zero-order chi connectivity index (χ0) is 37.4. The van der Waals surface area contributed by atoms with Crippen molar-refractivity contribution in [2.24, 2.45) is 0 Å². The maximum atomic E-state index is 13.5. The monoisotopic (exact) mass is 743 g/mol. The first kappa shape index (κ1) is 38.0. The van der Waals surface area contributed by atoms with Gasteiger partial charge in [0.05, 0.1) is 28.0 Å². The number of benzene rings is 3. The van der Waals surface area contributed by atoms with E-state index in [1.54, 1.807) is 36.4 Å². The average Bonchev–Trinajstić information content (AvgIpc) is 3.18. The van der Waals surface area contributed by atoms with Crippen molar-refractivity contribution in [3.8, 4) is 11.5 Å². The molecular formula is C40H49N5O7S. The van der Waals surface area contributed by atoms with Gasteiger partial charge in [-0.05, 0) is 73.4 Å². The number of pyridine rings is 1. The molecular weight excluding hydrogens is 695 g/mol. The second-order valence-corrected chi connectivity index (χ2v) is 15.7. The van der Waals surface area contributed by atoms with Crippen molar-refractivity contribution in [1.29, 1.82) is 0 Å². The number of aliphatic hydroxyl groups is 1.